The predicted octanol–water partition coefficient (Wildman–Crippen LogP) is 1.83. The van der Waals surface area contributed by atoms with E-state index >= 15 is 0 Å². The van der Waals surface area contributed by atoms with Crippen molar-refractivity contribution in [1.29, 1.82) is 0 Å². The maximum Gasteiger partial charge on any atom is 0.427 e. The first-order chi connectivity index (χ1) is 4.77. The summed E-state index contributed by atoms with van der Waals surface area (Å²) in [6, 6.07) is 0.649. The Labute approximate surface area is 68.1 Å². The van der Waals surface area contributed by atoms with Gasteiger partial charge in [-0.2, -0.15) is 8.42 Å². The van der Waals surface area contributed by atoms with E-state index in [2.05, 4.69) is 3.87 Å². The van der Waals surface area contributed by atoms with Crippen LogP contribution in [-0.2, 0) is 14.4 Å². The molecule has 0 rings (SSSR count). The maximum atomic E-state index is 12.0. The number of hydrogen-bond donors (Lipinski definition) is 0. The van der Waals surface area contributed by atoms with E-state index in [4.69, 9.17) is 0 Å². The molecule has 0 bridgehead atoms. The second-order valence-corrected chi connectivity index (χ2v) is 8.46. The highest BCUT2D eigenvalue weighted by Gasteiger charge is 2.28. The van der Waals surface area contributed by atoms with Gasteiger partial charge in [0.2, 0.25) is 8.32 Å². The standard InChI is InChI=1S/C5H13FO3SSi/c1-4-5-11(2,3)9-10(6,7)8/h4-5H2,1-3H3. The van der Waals surface area contributed by atoms with E-state index in [0.717, 1.165) is 6.42 Å². The van der Waals surface area contributed by atoms with E-state index in [9.17, 15) is 12.3 Å². The van der Waals surface area contributed by atoms with Gasteiger partial charge in [0.05, 0.1) is 0 Å². The van der Waals surface area contributed by atoms with Crippen LogP contribution in [0.2, 0.25) is 19.1 Å². The fourth-order valence-electron chi connectivity index (χ4n) is 0.913. The molecule has 0 saturated heterocycles. The van der Waals surface area contributed by atoms with Crippen molar-refractivity contribution in [3.63, 3.8) is 0 Å². The van der Waals surface area contributed by atoms with Crippen molar-refractivity contribution in [2.75, 3.05) is 0 Å². The average molecular weight is 200 g/mol. The van der Waals surface area contributed by atoms with Crippen LogP contribution in [0.1, 0.15) is 13.3 Å². The van der Waals surface area contributed by atoms with Crippen LogP contribution in [-0.4, -0.2) is 16.7 Å². The van der Waals surface area contributed by atoms with E-state index in [1.165, 1.54) is 0 Å². The molecule has 0 aromatic heterocycles. The molecule has 0 heterocycles. The van der Waals surface area contributed by atoms with Gasteiger partial charge >= 0.3 is 10.5 Å². The minimum atomic E-state index is -4.74. The van der Waals surface area contributed by atoms with Gasteiger partial charge in [0.1, 0.15) is 0 Å². The van der Waals surface area contributed by atoms with Gasteiger partial charge in [-0.05, 0) is 19.1 Å². The summed E-state index contributed by atoms with van der Waals surface area (Å²) in [4.78, 5) is 0. The summed E-state index contributed by atoms with van der Waals surface area (Å²) in [5, 5.41) is 0. The molecule has 6 heteroatoms. The van der Waals surface area contributed by atoms with Crippen LogP contribution in [0.5, 0.6) is 0 Å². The molecule has 0 aliphatic rings. The molecule has 68 valence electrons. The topological polar surface area (TPSA) is 43.4 Å². The predicted molar refractivity (Wildman–Crippen MR) is 43.7 cm³/mol. The molecule has 0 N–H and O–H groups in total. The Morgan fingerprint density at radius 3 is 2.18 bits per heavy atom. The third kappa shape index (κ3) is 6.45. The third-order valence-corrected chi connectivity index (χ3v) is 5.48. The van der Waals surface area contributed by atoms with Gasteiger partial charge < -0.3 is 0 Å². The van der Waals surface area contributed by atoms with Crippen molar-refractivity contribution in [3.05, 3.63) is 0 Å². The van der Waals surface area contributed by atoms with E-state index in [0.29, 0.717) is 6.04 Å². The molecule has 3 nitrogen and oxygen atoms in total. The zero-order valence-electron chi connectivity index (χ0n) is 6.93. The van der Waals surface area contributed by atoms with Crippen LogP contribution in [0.15, 0.2) is 0 Å². The Morgan fingerprint density at radius 2 is 1.91 bits per heavy atom. The van der Waals surface area contributed by atoms with Gasteiger partial charge in [-0.1, -0.05) is 17.2 Å². The lowest BCUT2D eigenvalue weighted by atomic mass is 10.6. The molecule has 0 aromatic rings. The van der Waals surface area contributed by atoms with E-state index in [-0.39, 0.29) is 0 Å². The Bertz CT molecular complexity index is 212. The lowest BCUT2D eigenvalue weighted by Crippen LogP contribution is -2.31. The Hall–Kier alpha value is 0.0569. The molecule has 11 heavy (non-hydrogen) atoms. The molecule has 0 aliphatic carbocycles. The number of hydrogen-bond acceptors (Lipinski definition) is 3. The molecular weight excluding hydrogens is 187 g/mol. The molecule has 0 spiro atoms. The van der Waals surface area contributed by atoms with Crippen LogP contribution in [0.4, 0.5) is 3.89 Å². The maximum absolute atomic E-state index is 12.0. The van der Waals surface area contributed by atoms with Crippen molar-refractivity contribution in [3.8, 4) is 0 Å². The minimum absolute atomic E-state index is 0.649. The normalized spacial score (nSPS) is 13.5. The molecule has 0 unspecified atom stereocenters. The van der Waals surface area contributed by atoms with Crippen LogP contribution in [0.3, 0.4) is 0 Å². The van der Waals surface area contributed by atoms with Gasteiger partial charge in [-0.3, -0.25) is 3.87 Å². The summed E-state index contributed by atoms with van der Waals surface area (Å²) in [5.41, 5.74) is 0. The van der Waals surface area contributed by atoms with Crippen molar-refractivity contribution < 1.29 is 16.2 Å². The SMILES string of the molecule is CCC[Si](C)(C)OS(=O)(=O)F. The summed E-state index contributed by atoms with van der Waals surface area (Å²) in [6.07, 6.45) is 0.814. The Kier molecular flexibility index (Phi) is 3.66. The van der Waals surface area contributed by atoms with Crippen molar-refractivity contribution in [1.82, 2.24) is 0 Å². The highest BCUT2D eigenvalue weighted by Crippen LogP contribution is 2.16. The number of rotatable bonds is 4. The summed E-state index contributed by atoms with van der Waals surface area (Å²) >= 11 is 0. The first-order valence-corrected chi connectivity index (χ1v) is 7.84. The third-order valence-electron chi connectivity index (χ3n) is 1.18. The van der Waals surface area contributed by atoms with Crippen LogP contribution >= 0.6 is 0 Å². The number of halogens is 1. The average Bonchev–Trinajstić information content (AvgIpc) is 1.55. The van der Waals surface area contributed by atoms with Crippen LogP contribution < -0.4 is 0 Å². The van der Waals surface area contributed by atoms with E-state index in [1.54, 1.807) is 13.1 Å². The second kappa shape index (κ2) is 3.64. The molecule has 0 radical (unpaired) electrons. The molecule has 0 aliphatic heterocycles. The summed E-state index contributed by atoms with van der Waals surface area (Å²) < 4.78 is 36.4. The Balaban J connectivity index is 4.13. The summed E-state index contributed by atoms with van der Waals surface area (Å²) in [7, 11) is -7.04. The lowest BCUT2D eigenvalue weighted by Gasteiger charge is -2.17. The smallest absolute Gasteiger partial charge is 0.291 e. The molecule has 0 atom stereocenters. The van der Waals surface area contributed by atoms with Crippen LogP contribution in [0.25, 0.3) is 0 Å². The zero-order chi connectivity index (χ0) is 9.12. The van der Waals surface area contributed by atoms with Crippen molar-refractivity contribution in [2.24, 2.45) is 0 Å². The van der Waals surface area contributed by atoms with Gasteiger partial charge in [-0.15, -0.1) is 0 Å². The molecular formula is C5H13FO3SSi. The largest absolute Gasteiger partial charge is 0.427 e. The van der Waals surface area contributed by atoms with Crippen LogP contribution in [0, 0.1) is 0 Å². The van der Waals surface area contributed by atoms with Crippen molar-refractivity contribution in [2.45, 2.75) is 32.5 Å². The minimum Gasteiger partial charge on any atom is -0.291 e. The first kappa shape index (κ1) is 11.1. The van der Waals surface area contributed by atoms with E-state index in [1.807, 2.05) is 6.92 Å². The summed E-state index contributed by atoms with van der Waals surface area (Å²) in [5.74, 6) is 0. The van der Waals surface area contributed by atoms with Gasteiger partial charge in [-0.25, -0.2) is 0 Å². The van der Waals surface area contributed by atoms with Crippen molar-refractivity contribution >= 4 is 18.8 Å². The monoisotopic (exact) mass is 200 g/mol. The highest BCUT2D eigenvalue weighted by molar-refractivity contribution is 7.82. The molecule has 0 saturated carbocycles. The Morgan fingerprint density at radius 1 is 1.45 bits per heavy atom. The molecule has 0 fully saturated rings. The fraction of sp³-hybridized carbons (Fsp3) is 1.00. The summed E-state index contributed by atoms with van der Waals surface area (Å²) in [6.45, 7) is 5.25. The van der Waals surface area contributed by atoms with Gasteiger partial charge in [0.25, 0.3) is 0 Å². The van der Waals surface area contributed by atoms with Gasteiger partial charge in [0.15, 0.2) is 0 Å². The fourth-order valence-corrected chi connectivity index (χ4v) is 4.61. The first-order valence-electron chi connectivity index (χ1n) is 3.42. The quantitative estimate of drug-likeness (QED) is 0.513. The van der Waals surface area contributed by atoms with E-state index < -0.39 is 18.8 Å². The zero-order valence-corrected chi connectivity index (χ0v) is 8.74. The second-order valence-electron chi connectivity index (χ2n) is 2.99. The highest BCUT2D eigenvalue weighted by atomic mass is 32.3. The van der Waals surface area contributed by atoms with Gasteiger partial charge in [0, 0.05) is 0 Å². The lowest BCUT2D eigenvalue weighted by molar-refractivity contribution is 0.435. The molecule has 0 amide bonds. The molecule has 0 aromatic carbocycles.